The SMILES string of the molecule is N#CC1(NC(=O)C2C[C@@H](F)CC[C@H]2c2nc(C3CC(F)C3)sc2-c2ccc(N3CCSCC3)cc2)CC1. The van der Waals surface area contributed by atoms with Crippen molar-refractivity contribution in [3.8, 4) is 16.5 Å². The Hall–Kier alpha value is -2.18. The van der Waals surface area contributed by atoms with Crippen LogP contribution in [0.5, 0.6) is 0 Å². The minimum Gasteiger partial charge on any atom is -0.370 e. The van der Waals surface area contributed by atoms with Crippen molar-refractivity contribution >= 4 is 34.7 Å². The van der Waals surface area contributed by atoms with Gasteiger partial charge in [0.15, 0.2) is 0 Å². The molecule has 1 amide bonds. The van der Waals surface area contributed by atoms with E-state index in [1.165, 1.54) is 5.69 Å². The number of carbonyl (C=O) groups is 1. The average Bonchev–Trinajstić information content (AvgIpc) is 3.55. The van der Waals surface area contributed by atoms with E-state index in [0.717, 1.165) is 45.7 Å². The molecule has 1 aromatic heterocycles. The van der Waals surface area contributed by atoms with Crippen LogP contribution in [0.25, 0.3) is 10.4 Å². The number of halogens is 2. The smallest absolute Gasteiger partial charge is 0.225 e. The molecule has 9 heteroatoms. The topological polar surface area (TPSA) is 69.0 Å². The molecule has 3 aliphatic carbocycles. The molecule has 4 aliphatic rings. The maximum atomic E-state index is 14.6. The van der Waals surface area contributed by atoms with Crippen molar-refractivity contribution < 1.29 is 13.6 Å². The van der Waals surface area contributed by atoms with Crippen molar-refractivity contribution in [3.63, 3.8) is 0 Å². The molecule has 1 aliphatic heterocycles. The van der Waals surface area contributed by atoms with Gasteiger partial charge in [-0.25, -0.2) is 13.8 Å². The summed E-state index contributed by atoms with van der Waals surface area (Å²) in [6.45, 7) is 2.08. The van der Waals surface area contributed by atoms with Crippen LogP contribution < -0.4 is 10.2 Å². The molecular weight excluding hydrogens is 510 g/mol. The number of hydrogen-bond donors (Lipinski definition) is 1. The summed E-state index contributed by atoms with van der Waals surface area (Å²) in [5.41, 5.74) is 2.31. The molecule has 1 aromatic carbocycles. The molecule has 3 saturated carbocycles. The molecule has 3 atom stereocenters. The first-order valence-electron chi connectivity index (χ1n) is 13.4. The molecule has 196 valence electrons. The summed E-state index contributed by atoms with van der Waals surface area (Å²) in [7, 11) is 0. The van der Waals surface area contributed by atoms with Crippen LogP contribution in [0.1, 0.15) is 67.5 Å². The number of thiazole rings is 1. The molecule has 37 heavy (non-hydrogen) atoms. The van der Waals surface area contributed by atoms with Gasteiger partial charge in [0.2, 0.25) is 5.91 Å². The minimum atomic E-state index is -1.04. The molecule has 1 saturated heterocycles. The molecule has 2 heterocycles. The van der Waals surface area contributed by atoms with Crippen LogP contribution in [0, 0.1) is 17.2 Å². The monoisotopic (exact) mass is 542 g/mol. The average molecular weight is 543 g/mol. The normalized spacial score (nSPS) is 30.7. The van der Waals surface area contributed by atoms with Gasteiger partial charge in [-0.05, 0) is 62.6 Å². The van der Waals surface area contributed by atoms with E-state index >= 15 is 0 Å². The number of benzene rings is 1. The van der Waals surface area contributed by atoms with Gasteiger partial charge >= 0.3 is 0 Å². The standard InChI is InChI=1S/C28H32F2N4OS2/c29-19-3-6-22(23(15-19)26(35)33-28(16-31)7-8-28)24-25(37-27(32-24)18-13-20(30)14-18)17-1-4-21(5-2-17)34-9-11-36-12-10-34/h1-2,4-5,18-20,22-23H,3,6-15H2,(H,33,35)/t18?,19-,20?,22+,23?/m0/s1. The Morgan fingerprint density at radius 2 is 1.81 bits per heavy atom. The number of rotatable bonds is 6. The second-order valence-corrected chi connectivity index (χ2v) is 13.2. The third-order valence-electron chi connectivity index (χ3n) is 8.41. The third kappa shape index (κ3) is 5.12. The first kappa shape index (κ1) is 25.1. The highest BCUT2D eigenvalue weighted by Gasteiger charge is 2.48. The number of carbonyl (C=O) groups excluding carboxylic acids is 1. The van der Waals surface area contributed by atoms with Crippen LogP contribution in [0.2, 0.25) is 0 Å². The third-order valence-corrected chi connectivity index (χ3v) is 10.6. The zero-order valence-corrected chi connectivity index (χ0v) is 22.4. The Kier molecular flexibility index (Phi) is 6.91. The minimum absolute atomic E-state index is 0.107. The number of nitrogens with one attached hydrogen (secondary N) is 1. The molecule has 4 fully saturated rings. The van der Waals surface area contributed by atoms with Gasteiger partial charge in [-0.1, -0.05) is 12.1 Å². The van der Waals surface area contributed by atoms with E-state index in [1.807, 2.05) is 11.8 Å². The molecule has 1 unspecified atom stereocenters. The molecule has 0 bridgehead atoms. The summed E-state index contributed by atoms with van der Waals surface area (Å²) in [5.74, 6) is 1.35. The zero-order chi connectivity index (χ0) is 25.6. The summed E-state index contributed by atoms with van der Waals surface area (Å²) in [5, 5.41) is 13.3. The molecule has 0 radical (unpaired) electrons. The number of hydrogen-bond acceptors (Lipinski definition) is 6. The van der Waals surface area contributed by atoms with Gasteiger partial charge in [0.25, 0.3) is 0 Å². The van der Waals surface area contributed by atoms with Gasteiger partial charge < -0.3 is 10.2 Å². The highest BCUT2D eigenvalue weighted by Crippen LogP contribution is 2.49. The lowest BCUT2D eigenvalue weighted by Crippen LogP contribution is -2.44. The van der Waals surface area contributed by atoms with E-state index in [1.54, 1.807) is 11.3 Å². The predicted octanol–water partition coefficient (Wildman–Crippen LogP) is 5.97. The molecule has 1 N–H and O–H groups in total. The van der Waals surface area contributed by atoms with Crippen molar-refractivity contribution in [2.24, 2.45) is 5.92 Å². The maximum absolute atomic E-state index is 14.6. The largest absolute Gasteiger partial charge is 0.370 e. The van der Waals surface area contributed by atoms with E-state index in [0.29, 0.717) is 38.5 Å². The van der Waals surface area contributed by atoms with Crippen molar-refractivity contribution in [3.05, 3.63) is 35.0 Å². The Labute approximate surface area is 225 Å². The lowest BCUT2D eigenvalue weighted by Gasteiger charge is -2.33. The lowest BCUT2D eigenvalue weighted by atomic mass is 9.75. The van der Waals surface area contributed by atoms with E-state index < -0.39 is 23.8 Å². The van der Waals surface area contributed by atoms with E-state index in [2.05, 4.69) is 40.6 Å². The van der Waals surface area contributed by atoms with Crippen LogP contribution in [-0.4, -0.2) is 53.4 Å². The second-order valence-electron chi connectivity index (χ2n) is 11.0. The quantitative estimate of drug-likeness (QED) is 0.487. The van der Waals surface area contributed by atoms with Crippen LogP contribution in [0.15, 0.2) is 24.3 Å². The molecule has 6 rings (SSSR count). The van der Waals surface area contributed by atoms with Crippen molar-refractivity contribution in [1.82, 2.24) is 10.3 Å². The highest BCUT2D eigenvalue weighted by molar-refractivity contribution is 7.99. The van der Waals surface area contributed by atoms with Gasteiger partial charge in [-0.2, -0.15) is 17.0 Å². The van der Waals surface area contributed by atoms with Crippen LogP contribution in [0.3, 0.4) is 0 Å². The number of anilines is 1. The summed E-state index contributed by atoms with van der Waals surface area (Å²) < 4.78 is 28.3. The number of alkyl halides is 2. The number of thioether (sulfide) groups is 1. The number of nitrogens with zero attached hydrogens (tertiary/aromatic N) is 3. The van der Waals surface area contributed by atoms with Crippen LogP contribution >= 0.6 is 23.1 Å². The van der Waals surface area contributed by atoms with E-state index in [9.17, 15) is 18.8 Å². The predicted molar refractivity (Wildman–Crippen MR) is 145 cm³/mol. The first-order chi connectivity index (χ1) is 17.9. The van der Waals surface area contributed by atoms with Crippen LogP contribution in [-0.2, 0) is 4.79 Å². The summed E-state index contributed by atoms with van der Waals surface area (Å²) in [4.78, 5) is 21.8. The van der Waals surface area contributed by atoms with E-state index in [4.69, 9.17) is 4.98 Å². The number of nitriles is 1. The Morgan fingerprint density at radius 1 is 1.08 bits per heavy atom. The van der Waals surface area contributed by atoms with Crippen LogP contribution in [0.4, 0.5) is 14.5 Å². The highest BCUT2D eigenvalue weighted by atomic mass is 32.2. The van der Waals surface area contributed by atoms with Gasteiger partial charge in [-0.3, -0.25) is 4.79 Å². The fourth-order valence-corrected chi connectivity index (χ4v) is 8.00. The van der Waals surface area contributed by atoms with Crippen molar-refractivity contribution in [2.75, 3.05) is 29.5 Å². The Balaban J connectivity index is 1.32. The molecule has 5 nitrogen and oxygen atoms in total. The fraction of sp³-hybridized carbons (Fsp3) is 0.607. The maximum Gasteiger partial charge on any atom is 0.225 e. The Bertz CT molecular complexity index is 1180. The Morgan fingerprint density at radius 3 is 2.46 bits per heavy atom. The summed E-state index contributed by atoms with van der Waals surface area (Å²) in [6.07, 6.45) is 1.54. The lowest BCUT2D eigenvalue weighted by molar-refractivity contribution is -0.128. The van der Waals surface area contributed by atoms with Gasteiger partial charge in [0, 0.05) is 48.0 Å². The molecule has 0 spiro atoms. The van der Waals surface area contributed by atoms with Crippen molar-refractivity contribution in [2.45, 2.75) is 74.7 Å². The zero-order valence-electron chi connectivity index (χ0n) is 20.8. The molecular formula is C28H32F2N4OS2. The number of aromatic nitrogens is 1. The second kappa shape index (κ2) is 10.2. The van der Waals surface area contributed by atoms with Gasteiger partial charge in [-0.15, -0.1) is 11.3 Å². The first-order valence-corrected chi connectivity index (χ1v) is 15.4. The fourth-order valence-electron chi connectivity index (χ4n) is 5.83. The van der Waals surface area contributed by atoms with Gasteiger partial charge in [0.05, 0.1) is 21.6 Å². The van der Waals surface area contributed by atoms with Crippen molar-refractivity contribution in [1.29, 1.82) is 5.26 Å². The summed E-state index contributed by atoms with van der Waals surface area (Å²) >= 11 is 3.59. The van der Waals surface area contributed by atoms with E-state index in [-0.39, 0.29) is 24.2 Å². The number of amides is 1. The van der Waals surface area contributed by atoms with Gasteiger partial charge in [0.1, 0.15) is 17.9 Å². The summed E-state index contributed by atoms with van der Waals surface area (Å²) in [6, 6.07) is 10.8. The molecule has 2 aromatic rings.